The number of ether oxygens (including phenoxy) is 1. The molecule has 0 spiro atoms. The zero-order chi connectivity index (χ0) is 14.0. The summed E-state index contributed by atoms with van der Waals surface area (Å²) in [5, 5.41) is 12.5. The van der Waals surface area contributed by atoms with Crippen LogP contribution in [-0.4, -0.2) is 23.3 Å². The van der Waals surface area contributed by atoms with Crippen LogP contribution in [0.25, 0.3) is 11.1 Å². The highest BCUT2D eigenvalue weighted by atomic mass is 16.5. The van der Waals surface area contributed by atoms with Gasteiger partial charge in [-0.05, 0) is 29.7 Å². The number of aromatic carboxylic acids is 1. The summed E-state index contributed by atoms with van der Waals surface area (Å²) in [5.74, 6) is -0.438. The van der Waals surface area contributed by atoms with Crippen LogP contribution in [-0.2, 0) is 6.42 Å². The van der Waals surface area contributed by atoms with E-state index in [-0.39, 0.29) is 11.6 Å². The lowest BCUT2D eigenvalue weighted by Crippen LogP contribution is -2.00. The van der Waals surface area contributed by atoms with Crippen molar-refractivity contribution in [3.8, 4) is 16.9 Å². The molecule has 2 aromatic rings. The van der Waals surface area contributed by atoms with Crippen molar-refractivity contribution in [1.29, 1.82) is 0 Å². The molecule has 19 heavy (non-hydrogen) atoms. The van der Waals surface area contributed by atoms with Crippen LogP contribution < -0.4 is 10.5 Å². The highest BCUT2D eigenvalue weighted by Crippen LogP contribution is 2.33. The van der Waals surface area contributed by atoms with E-state index in [0.29, 0.717) is 11.1 Å². The quantitative estimate of drug-likeness (QED) is 0.876. The molecule has 0 atom stereocenters. The third kappa shape index (κ3) is 2.24. The number of nitrogens with two attached hydrogens (primary N) is 1. The number of methoxy groups -OCH3 is 1. The minimum Gasteiger partial charge on any atom is -0.496 e. The summed E-state index contributed by atoms with van der Waals surface area (Å²) in [6.07, 6.45) is 0.755. The van der Waals surface area contributed by atoms with E-state index >= 15 is 0 Å². The van der Waals surface area contributed by atoms with Gasteiger partial charge in [0.1, 0.15) is 5.75 Å². The maximum atomic E-state index is 11.1. The smallest absolute Gasteiger partial charge is 0.358 e. The van der Waals surface area contributed by atoms with E-state index in [1.165, 1.54) is 0 Å². The number of aromatic nitrogens is 1. The summed E-state index contributed by atoms with van der Waals surface area (Å²) in [4.78, 5) is 11.1. The Morgan fingerprint density at radius 1 is 1.53 bits per heavy atom. The van der Waals surface area contributed by atoms with E-state index in [0.717, 1.165) is 17.7 Å². The van der Waals surface area contributed by atoms with Gasteiger partial charge in [-0.15, -0.1) is 0 Å². The maximum Gasteiger partial charge on any atom is 0.358 e. The third-order valence-electron chi connectivity index (χ3n) is 2.87. The molecule has 2 rings (SSSR count). The standard InChI is InChI=1S/C13H14N2O4/c1-3-7-6-8(4-5-9(7)18-2)10-11(13(16)17)15-19-12(10)14/h4-6H,3,14H2,1-2H3,(H,16,17). The van der Waals surface area contributed by atoms with Crippen molar-refractivity contribution in [2.45, 2.75) is 13.3 Å². The van der Waals surface area contributed by atoms with E-state index in [1.807, 2.05) is 13.0 Å². The fraction of sp³-hybridized carbons (Fsp3) is 0.231. The Labute approximate surface area is 109 Å². The number of anilines is 1. The second-order valence-electron chi connectivity index (χ2n) is 3.96. The van der Waals surface area contributed by atoms with Gasteiger partial charge in [0.25, 0.3) is 0 Å². The predicted octanol–water partition coefficient (Wildman–Crippen LogP) is 2.19. The van der Waals surface area contributed by atoms with E-state index in [1.54, 1.807) is 19.2 Å². The molecule has 6 heteroatoms. The van der Waals surface area contributed by atoms with Gasteiger partial charge in [-0.2, -0.15) is 0 Å². The Bertz CT molecular complexity index is 619. The molecule has 0 saturated heterocycles. The van der Waals surface area contributed by atoms with Crippen molar-refractivity contribution in [1.82, 2.24) is 5.16 Å². The SMILES string of the molecule is CCc1cc(-c2c(C(=O)O)noc2N)ccc1OC. The molecule has 0 aliphatic heterocycles. The first kappa shape index (κ1) is 12.9. The molecule has 1 aromatic carbocycles. The number of carboxylic acid groups (broad SMARTS) is 1. The number of nitrogens with zero attached hydrogens (tertiary/aromatic N) is 1. The second kappa shape index (κ2) is 5.01. The van der Waals surface area contributed by atoms with E-state index in [9.17, 15) is 4.79 Å². The molecule has 6 nitrogen and oxygen atoms in total. The van der Waals surface area contributed by atoms with Gasteiger partial charge in [0.2, 0.25) is 11.6 Å². The average molecular weight is 262 g/mol. The number of hydrogen-bond acceptors (Lipinski definition) is 5. The number of rotatable bonds is 4. The highest BCUT2D eigenvalue weighted by Gasteiger charge is 2.21. The lowest BCUT2D eigenvalue weighted by molar-refractivity contribution is 0.0686. The van der Waals surface area contributed by atoms with Gasteiger partial charge in [-0.3, -0.25) is 0 Å². The molecular weight excluding hydrogens is 248 g/mol. The van der Waals surface area contributed by atoms with Crippen LogP contribution in [0.1, 0.15) is 23.0 Å². The fourth-order valence-corrected chi connectivity index (χ4v) is 1.94. The Kier molecular flexibility index (Phi) is 3.41. The molecule has 0 saturated carbocycles. The van der Waals surface area contributed by atoms with Gasteiger partial charge in [-0.25, -0.2) is 4.79 Å². The first-order chi connectivity index (χ1) is 9.08. The Morgan fingerprint density at radius 2 is 2.26 bits per heavy atom. The van der Waals surface area contributed by atoms with Crippen LogP contribution in [0.2, 0.25) is 0 Å². The van der Waals surface area contributed by atoms with E-state index in [4.69, 9.17) is 20.1 Å². The van der Waals surface area contributed by atoms with Crippen molar-refractivity contribution < 1.29 is 19.2 Å². The highest BCUT2D eigenvalue weighted by molar-refractivity contribution is 5.96. The summed E-state index contributed by atoms with van der Waals surface area (Å²) in [7, 11) is 1.59. The average Bonchev–Trinajstić information content (AvgIpc) is 2.80. The number of benzene rings is 1. The molecular formula is C13H14N2O4. The van der Waals surface area contributed by atoms with Crippen molar-refractivity contribution >= 4 is 11.9 Å². The molecule has 3 N–H and O–H groups in total. The summed E-state index contributed by atoms with van der Waals surface area (Å²) >= 11 is 0. The first-order valence-corrected chi connectivity index (χ1v) is 5.74. The van der Waals surface area contributed by atoms with E-state index in [2.05, 4.69) is 5.16 Å². The fourth-order valence-electron chi connectivity index (χ4n) is 1.94. The molecule has 1 aromatic heterocycles. The number of nitrogen functional groups attached to an aromatic ring is 1. The Balaban J connectivity index is 2.59. The lowest BCUT2D eigenvalue weighted by atomic mass is 10.0. The Morgan fingerprint density at radius 3 is 2.84 bits per heavy atom. The number of carbonyl (C=O) groups is 1. The topological polar surface area (TPSA) is 98.6 Å². The number of hydrogen-bond donors (Lipinski definition) is 2. The molecule has 0 bridgehead atoms. The second-order valence-corrected chi connectivity index (χ2v) is 3.96. The molecule has 0 aliphatic rings. The van der Waals surface area contributed by atoms with Crippen molar-refractivity contribution in [2.24, 2.45) is 0 Å². The molecule has 0 fully saturated rings. The molecule has 0 unspecified atom stereocenters. The van der Waals surface area contributed by atoms with Gasteiger partial charge in [0, 0.05) is 0 Å². The van der Waals surface area contributed by atoms with Crippen LogP contribution in [0, 0.1) is 0 Å². The summed E-state index contributed by atoms with van der Waals surface area (Å²) < 4.78 is 9.99. The zero-order valence-corrected chi connectivity index (χ0v) is 10.6. The monoisotopic (exact) mass is 262 g/mol. The first-order valence-electron chi connectivity index (χ1n) is 5.74. The lowest BCUT2D eigenvalue weighted by Gasteiger charge is -2.08. The number of carboxylic acids is 1. The summed E-state index contributed by atoms with van der Waals surface area (Å²) in [5.41, 5.74) is 7.36. The van der Waals surface area contributed by atoms with Crippen LogP contribution in [0.5, 0.6) is 5.75 Å². The van der Waals surface area contributed by atoms with E-state index < -0.39 is 5.97 Å². The van der Waals surface area contributed by atoms with Gasteiger partial charge < -0.3 is 20.1 Å². The van der Waals surface area contributed by atoms with Gasteiger partial charge in [0.15, 0.2) is 0 Å². The van der Waals surface area contributed by atoms with Gasteiger partial charge in [-0.1, -0.05) is 18.1 Å². The summed E-state index contributed by atoms with van der Waals surface area (Å²) in [6.45, 7) is 1.98. The third-order valence-corrected chi connectivity index (χ3v) is 2.87. The van der Waals surface area contributed by atoms with Crippen molar-refractivity contribution in [3.63, 3.8) is 0 Å². The Hall–Kier alpha value is -2.50. The maximum absolute atomic E-state index is 11.1. The van der Waals surface area contributed by atoms with Crippen LogP contribution in [0.15, 0.2) is 22.7 Å². The van der Waals surface area contributed by atoms with Gasteiger partial charge >= 0.3 is 5.97 Å². The van der Waals surface area contributed by atoms with Crippen molar-refractivity contribution in [2.75, 3.05) is 12.8 Å². The zero-order valence-electron chi connectivity index (χ0n) is 10.6. The number of aryl methyl sites for hydroxylation is 1. The molecule has 0 aliphatic carbocycles. The largest absolute Gasteiger partial charge is 0.496 e. The predicted molar refractivity (Wildman–Crippen MR) is 69.2 cm³/mol. The van der Waals surface area contributed by atoms with Crippen LogP contribution in [0.3, 0.4) is 0 Å². The molecule has 100 valence electrons. The molecule has 0 amide bonds. The van der Waals surface area contributed by atoms with Crippen molar-refractivity contribution in [3.05, 3.63) is 29.5 Å². The normalized spacial score (nSPS) is 10.4. The van der Waals surface area contributed by atoms with Crippen LogP contribution >= 0.6 is 0 Å². The summed E-state index contributed by atoms with van der Waals surface area (Å²) in [6, 6.07) is 5.33. The van der Waals surface area contributed by atoms with Gasteiger partial charge in [0.05, 0.1) is 12.7 Å². The minimum atomic E-state index is -1.18. The molecule has 1 heterocycles. The minimum absolute atomic E-state index is 0.00961. The molecule has 0 radical (unpaired) electrons. The van der Waals surface area contributed by atoms with Crippen LogP contribution in [0.4, 0.5) is 5.88 Å².